The highest BCUT2D eigenvalue weighted by molar-refractivity contribution is 4.82. The van der Waals surface area contributed by atoms with Gasteiger partial charge in [-0.1, -0.05) is 6.92 Å². The second-order valence-electron chi connectivity index (χ2n) is 5.54. The van der Waals surface area contributed by atoms with Crippen LogP contribution < -0.4 is 5.32 Å². The van der Waals surface area contributed by atoms with E-state index in [1.165, 1.54) is 12.8 Å². The Morgan fingerprint density at radius 2 is 1.94 bits per heavy atom. The Morgan fingerprint density at radius 1 is 1.29 bits per heavy atom. The summed E-state index contributed by atoms with van der Waals surface area (Å²) >= 11 is 0. The van der Waals surface area contributed by atoms with Crippen LogP contribution in [0, 0.1) is 0 Å². The number of hydrogen-bond donors (Lipinski definition) is 2. The summed E-state index contributed by atoms with van der Waals surface area (Å²) in [5, 5.41) is 13.4. The molecule has 0 spiro atoms. The maximum Gasteiger partial charge on any atom is 0.0791 e. The summed E-state index contributed by atoms with van der Waals surface area (Å²) in [6.07, 6.45) is 2.31. The molecule has 0 radical (unpaired) electrons. The van der Waals surface area contributed by atoms with Crippen molar-refractivity contribution in [2.45, 2.75) is 44.9 Å². The molecule has 102 valence electrons. The fourth-order valence-electron chi connectivity index (χ4n) is 2.19. The third-order valence-corrected chi connectivity index (χ3v) is 3.32. The normalized spacial score (nSPS) is 19.9. The van der Waals surface area contributed by atoms with Crippen LogP contribution in [0.5, 0.6) is 0 Å². The third-order valence-electron chi connectivity index (χ3n) is 3.32. The number of likely N-dealkylation sites (N-methyl/N-ethyl adjacent to an activating group) is 2. The lowest BCUT2D eigenvalue weighted by Crippen LogP contribution is -2.46. The Morgan fingerprint density at radius 3 is 2.41 bits per heavy atom. The van der Waals surface area contributed by atoms with Gasteiger partial charge >= 0.3 is 0 Å². The molecule has 0 amide bonds. The SMILES string of the molecule is CCN(CC(O)CNC1CC1)C(C)CN(C)C. The van der Waals surface area contributed by atoms with Crippen molar-refractivity contribution in [2.75, 3.05) is 40.3 Å². The van der Waals surface area contributed by atoms with Crippen molar-refractivity contribution in [3.05, 3.63) is 0 Å². The molecule has 1 rings (SSSR count). The van der Waals surface area contributed by atoms with Gasteiger partial charge in [0.25, 0.3) is 0 Å². The van der Waals surface area contributed by atoms with Crippen LogP contribution in [0.1, 0.15) is 26.7 Å². The fourth-order valence-corrected chi connectivity index (χ4v) is 2.19. The number of aliphatic hydroxyl groups is 1. The van der Waals surface area contributed by atoms with Gasteiger partial charge in [0.15, 0.2) is 0 Å². The first-order chi connectivity index (χ1) is 8.02. The Kier molecular flexibility index (Phi) is 6.41. The number of nitrogens with one attached hydrogen (secondary N) is 1. The van der Waals surface area contributed by atoms with Gasteiger partial charge in [0.2, 0.25) is 0 Å². The molecule has 0 saturated heterocycles. The maximum absolute atomic E-state index is 9.99. The van der Waals surface area contributed by atoms with Crippen LogP contribution in [0.15, 0.2) is 0 Å². The van der Waals surface area contributed by atoms with E-state index in [0.717, 1.165) is 26.2 Å². The summed E-state index contributed by atoms with van der Waals surface area (Å²) in [6.45, 7) is 7.92. The number of hydrogen-bond acceptors (Lipinski definition) is 4. The predicted octanol–water partition coefficient (Wildman–Crippen LogP) is 0.371. The molecule has 4 nitrogen and oxygen atoms in total. The molecular weight excluding hydrogens is 214 g/mol. The fraction of sp³-hybridized carbons (Fsp3) is 1.00. The molecule has 0 aromatic rings. The Balaban J connectivity index is 2.22. The van der Waals surface area contributed by atoms with Crippen molar-refractivity contribution in [2.24, 2.45) is 0 Å². The van der Waals surface area contributed by atoms with Crippen molar-refractivity contribution < 1.29 is 5.11 Å². The largest absolute Gasteiger partial charge is 0.390 e. The number of nitrogens with zero attached hydrogens (tertiary/aromatic N) is 2. The average molecular weight is 243 g/mol. The summed E-state index contributed by atoms with van der Waals surface area (Å²) in [4.78, 5) is 4.54. The van der Waals surface area contributed by atoms with E-state index in [1.54, 1.807) is 0 Å². The summed E-state index contributed by atoms with van der Waals surface area (Å²) in [7, 11) is 4.19. The number of rotatable bonds is 9. The third kappa shape index (κ3) is 6.36. The molecule has 0 aromatic carbocycles. The summed E-state index contributed by atoms with van der Waals surface area (Å²) in [6, 6.07) is 1.17. The van der Waals surface area contributed by atoms with E-state index in [9.17, 15) is 5.11 Å². The van der Waals surface area contributed by atoms with Gasteiger partial charge in [-0.3, -0.25) is 4.90 Å². The molecule has 1 saturated carbocycles. The molecule has 4 heteroatoms. The number of aliphatic hydroxyl groups excluding tert-OH is 1. The minimum atomic E-state index is -0.250. The van der Waals surface area contributed by atoms with Gasteiger partial charge in [0, 0.05) is 31.7 Å². The summed E-state index contributed by atoms with van der Waals surface area (Å²) in [5.74, 6) is 0. The lowest BCUT2D eigenvalue weighted by molar-refractivity contribution is 0.0851. The zero-order chi connectivity index (χ0) is 12.8. The van der Waals surface area contributed by atoms with Gasteiger partial charge in [-0.15, -0.1) is 0 Å². The van der Waals surface area contributed by atoms with Crippen LogP contribution in [0.3, 0.4) is 0 Å². The van der Waals surface area contributed by atoms with Gasteiger partial charge < -0.3 is 15.3 Å². The van der Waals surface area contributed by atoms with Crippen LogP contribution in [-0.2, 0) is 0 Å². The van der Waals surface area contributed by atoms with Crippen molar-refractivity contribution in [3.8, 4) is 0 Å². The Bertz CT molecular complexity index is 207. The van der Waals surface area contributed by atoms with Crippen LogP contribution >= 0.6 is 0 Å². The highest BCUT2D eigenvalue weighted by Crippen LogP contribution is 2.18. The Labute approximate surface area is 106 Å². The molecule has 0 bridgehead atoms. The van der Waals surface area contributed by atoms with Crippen molar-refractivity contribution >= 4 is 0 Å². The van der Waals surface area contributed by atoms with Crippen LogP contribution in [-0.4, -0.2) is 73.4 Å². The van der Waals surface area contributed by atoms with Gasteiger partial charge in [0.1, 0.15) is 0 Å². The summed E-state index contributed by atoms with van der Waals surface area (Å²) in [5.41, 5.74) is 0. The molecule has 2 N–H and O–H groups in total. The molecular formula is C13H29N3O. The molecule has 0 aromatic heterocycles. The van der Waals surface area contributed by atoms with E-state index in [-0.39, 0.29) is 6.10 Å². The Hall–Kier alpha value is -0.160. The van der Waals surface area contributed by atoms with E-state index >= 15 is 0 Å². The lowest BCUT2D eigenvalue weighted by Gasteiger charge is -2.31. The average Bonchev–Trinajstić information content (AvgIpc) is 3.05. The van der Waals surface area contributed by atoms with E-state index in [1.807, 2.05) is 0 Å². The van der Waals surface area contributed by atoms with Crippen molar-refractivity contribution in [1.29, 1.82) is 0 Å². The van der Waals surface area contributed by atoms with Gasteiger partial charge in [-0.05, 0) is 40.4 Å². The van der Waals surface area contributed by atoms with Gasteiger partial charge in [-0.2, -0.15) is 0 Å². The first-order valence-corrected chi connectivity index (χ1v) is 6.83. The van der Waals surface area contributed by atoms with E-state index in [4.69, 9.17) is 0 Å². The second-order valence-corrected chi connectivity index (χ2v) is 5.54. The molecule has 1 fully saturated rings. The first kappa shape index (κ1) is 14.9. The maximum atomic E-state index is 9.99. The molecule has 1 aliphatic carbocycles. The van der Waals surface area contributed by atoms with Gasteiger partial charge in [-0.25, -0.2) is 0 Å². The topological polar surface area (TPSA) is 38.7 Å². The quantitative estimate of drug-likeness (QED) is 0.614. The van der Waals surface area contributed by atoms with E-state index in [2.05, 4.69) is 43.1 Å². The molecule has 2 atom stereocenters. The van der Waals surface area contributed by atoms with Crippen LogP contribution in [0.4, 0.5) is 0 Å². The monoisotopic (exact) mass is 243 g/mol. The van der Waals surface area contributed by atoms with E-state index < -0.39 is 0 Å². The summed E-state index contributed by atoms with van der Waals surface area (Å²) < 4.78 is 0. The van der Waals surface area contributed by atoms with Crippen molar-refractivity contribution in [3.63, 3.8) is 0 Å². The smallest absolute Gasteiger partial charge is 0.0791 e. The molecule has 1 aliphatic rings. The highest BCUT2D eigenvalue weighted by atomic mass is 16.3. The minimum absolute atomic E-state index is 0.250. The van der Waals surface area contributed by atoms with Crippen molar-refractivity contribution in [1.82, 2.24) is 15.1 Å². The lowest BCUT2D eigenvalue weighted by atomic mass is 10.2. The van der Waals surface area contributed by atoms with E-state index in [0.29, 0.717) is 12.1 Å². The molecule has 2 unspecified atom stereocenters. The first-order valence-electron chi connectivity index (χ1n) is 6.83. The van der Waals surface area contributed by atoms with Crippen LogP contribution in [0.2, 0.25) is 0 Å². The standard InChI is InChI=1S/C13H29N3O/c1-5-16(11(2)9-15(3)4)10-13(17)8-14-12-6-7-12/h11-14,17H,5-10H2,1-4H3. The minimum Gasteiger partial charge on any atom is -0.390 e. The second kappa shape index (κ2) is 7.31. The molecule has 17 heavy (non-hydrogen) atoms. The molecule has 0 aliphatic heterocycles. The van der Waals surface area contributed by atoms with Gasteiger partial charge in [0.05, 0.1) is 6.10 Å². The zero-order valence-corrected chi connectivity index (χ0v) is 11.8. The highest BCUT2D eigenvalue weighted by Gasteiger charge is 2.22. The van der Waals surface area contributed by atoms with Crippen LogP contribution in [0.25, 0.3) is 0 Å². The predicted molar refractivity (Wildman–Crippen MR) is 72.3 cm³/mol. The molecule has 0 heterocycles. The zero-order valence-electron chi connectivity index (χ0n) is 11.8.